The molecule has 3 fully saturated rings. The van der Waals surface area contributed by atoms with Gasteiger partial charge in [0.2, 0.25) is 5.91 Å². The Labute approximate surface area is 129 Å². The van der Waals surface area contributed by atoms with E-state index in [2.05, 4.69) is 36.0 Å². The third-order valence-corrected chi connectivity index (χ3v) is 5.50. The maximum Gasteiger partial charge on any atom is 0.244 e. The van der Waals surface area contributed by atoms with Crippen molar-refractivity contribution in [2.75, 3.05) is 20.1 Å². The summed E-state index contributed by atoms with van der Waals surface area (Å²) in [7, 11) is 2.20. The molecule has 1 unspecified atom stereocenters. The lowest BCUT2D eigenvalue weighted by molar-refractivity contribution is -0.133. The molecule has 0 aromatic rings. The Morgan fingerprint density at radius 3 is 2.57 bits per heavy atom. The van der Waals surface area contributed by atoms with Gasteiger partial charge in [0.25, 0.3) is 0 Å². The second-order valence-electron chi connectivity index (χ2n) is 7.79. The highest BCUT2D eigenvalue weighted by Gasteiger charge is 2.52. The average molecular weight is 293 g/mol. The Balaban J connectivity index is 1.65. The number of hydrogen-bond acceptors (Lipinski definition) is 3. The van der Waals surface area contributed by atoms with Gasteiger partial charge in [-0.1, -0.05) is 26.7 Å². The lowest BCUT2D eigenvalue weighted by Gasteiger charge is -2.27. The first-order chi connectivity index (χ1) is 10.0. The summed E-state index contributed by atoms with van der Waals surface area (Å²) in [6.07, 6.45) is 8.46. The van der Waals surface area contributed by atoms with Crippen LogP contribution in [0.3, 0.4) is 0 Å². The Hall–Kier alpha value is -0.610. The molecule has 2 aliphatic carbocycles. The van der Waals surface area contributed by atoms with E-state index in [1.807, 2.05) is 0 Å². The van der Waals surface area contributed by atoms with E-state index in [1.54, 1.807) is 0 Å². The normalized spacial score (nSPS) is 28.5. The summed E-state index contributed by atoms with van der Waals surface area (Å²) in [5.74, 6) is 1.00. The molecule has 1 aliphatic heterocycles. The van der Waals surface area contributed by atoms with Gasteiger partial charge in [-0.3, -0.25) is 10.1 Å². The Kier molecular flexibility index (Phi) is 4.28. The summed E-state index contributed by atoms with van der Waals surface area (Å²) in [5.41, 5.74) is -0.211. The van der Waals surface area contributed by atoms with Crippen molar-refractivity contribution in [2.45, 2.75) is 76.5 Å². The molecule has 21 heavy (non-hydrogen) atoms. The molecule has 2 saturated carbocycles. The Morgan fingerprint density at radius 1 is 1.33 bits per heavy atom. The predicted molar refractivity (Wildman–Crippen MR) is 84.9 cm³/mol. The molecule has 0 aromatic heterocycles. The maximum atomic E-state index is 13.0. The van der Waals surface area contributed by atoms with Crippen LogP contribution < -0.4 is 5.32 Å². The minimum Gasteiger partial charge on any atom is -0.324 e. The number of carbonyl (C=O) groups is 1. The highest BCUT2D eigenvalue weighted by atomic mass is 16.2. The number of likely N-dealkylation sites (N-methyl/N-ethyl adjacent to an activating group) is 1. The van der Waals surface area contributed by atoms with Crippen LogP contribution in [0.1, 0.15) is 58.8 Å². The van der Waals surface area contributed by atoms with Gasteiger partial charge < -0.3 is 9.80 Å². The van der Waals surface area contributed by atoms with Crippen molar-refractivity contribution in [2.24, 2.45) is 5.92 Å². The van der Waals surface area contributed by atoms with E-state index >= 15 is 0 Å². The van der Waals surface area contributed by atoms with E-state index in [-0.39, 0.29) is 11.7 Å². The minimum absolute atomic E-state index is 0.211. The van der Waals surface area contributed by atoms with Crippen LogP contribution in [0.25, 0.3) is 0 Å². The van der Waals surface area contributed by atoms with Crippen LogP contribution in [0, 0.1) is 5.92 Å². The minimum atomic E-state index is -0.211. The molecule has 1 heterocycles. The molecule has 4 heteroatoms. The molecule has 0 bridgehead atoms. The van der Waals surface area contributed by atoms with E-state index in [0.717, 1.165) is 38.4 Å². The van der Waals surface area contributed by atoms with Crippen LogP contribution in [0.15, 0.2) is 0 Å². The molecule has 120 valence electrons. The molecule has 3 rings (SSSR count). The van der Waals surface area contributed by atoms with Crippen LogP contribution in [0.2, 0.25) is 0 Å². The molecule has 1 saturated heterocycles. The van der Waals surface area contributed by atoms with E-state index in [1.165, 1.54) is 25.7 Å². The standard InChI is InChI=1S/C17H31N3O/c1-13(2)12-15-18-17(8-4-5-9-17)16(21)20(15)11-10-19(3)14-6-7-14/h13-15,18H,4-12H2,1-3H3. The smallest absolute Gasteiger partial charge is 0.244 e. The SMILES string of the molecule is CC(C)CC1NC2(CCCC2)C(=O)N1CCN(C)C1CC1. The number of hydrogen-bond donors (Lipinski definition) is 1. The zero-order chi connectivity index (χ0) is 15.0. The van der Waals surface area contributed by atoms with Gasteiger partial charge in [0.15, 0.2) is 0 Å². The molecule has 4 nitrogen and oxygen atoms in total. The second kappa shape index (κ2) is 5.88. The van der Waals surface area contributed by atoms with E-state index in [4.69, 9.17) is 0 Å². The van der Waals surface area contributed by atoms with Crippen molar-refractivity contribution >= 4 is 5.91 Å². The lowest BCUT2D eigenvalue weighted by atomic mass is 9.98. The van der Waals surface area contributed by atoms with E-state index < -0.39 is 0 Å². The quantitative estimate of drug-likeness (QED) is 0.815. The summed E-state index contributed by atoms with van der Waals surface area (Å²) < 4.78 is 0. The van der Waals surface area contributed by atoms with Gasteiger partial charge >= 0.3 is 0 Å². The number of carbonyl (C=O) groups excluding carboxylic acids is 1. The third-order valence-electron chi connectivity index (χ3n) is 5.50. The fourth-order valence-electron chi connectivity index (χ4n) is 4.07. The fraction of sp³-hybridized carbons (Fsp3) is 0.941. The molecule has 1 spiro atoms. The molecule has 0 radical (unpaired) electrons. The van der Waals surface area contributed by atoms with Crippen molar-refractivity contribution < 1.29 is 4.79 Å². The predicted octanol–water partition coefficient (Wildman–Crippen LogP) is 2.20. The molecular formula is C17H31N3O. The highest BCUT2D eigenvalue weighted by molar-refractivity contribution is 5.89. The molecular weight excluding hydrogens is 262 g/mol. The van der Waals surface area contributed by atoms with Gasteiger partial charge in [0, 0.05) is 19.1 Å². The Morgan fingerprint density at radius 2 is 2.00 bits per heavy atom. The summed E-state index contributed by atoms with van der Waals surface area (Å²) in [6, 6.07) is 0.777. The summed E-state index contributed by atoms with van der Waals surface area (Å²) in [5, 5.41) is 3.72. The lowest BCUT2D eigenvalue weighted by Crippen LogP contribution is -2.45. The van der Waals surface area contributed by atoms with Gasteiger partial charge in [0.05, 0.1) is 11.7 Å². The Bertz CT molecular complexity index is 385. The topological polar surface area (TPSA) is 35.6 Å². The summed E-state index contributed by atoms with van der Waals surface area (Å²) in [6.45, 7) is 6.40. The van der Waals surface area contributed by atoms with Crippen molar-refractivity contribution in [3.8, 4) is 0 Å². The zero-order valence-electron chi connectivity index (χ0n) is 13.9. The van der Waals surface area contributed by atoms with Crippen molar-refractivity contribution in [1.82, 2.24) is 15.1 Å². The monoisotopic (exact) mass is 293 g/mol. The number of nitrogens with zero attached hydrogens (tertiary/aromatic N) is 2. The molecule has 1 amide bonds. The average Bonchev–Trinajstić information content (AvgIpc) is 3.13. The van der Waals surface area contributed by atoms with E-state index in [0.29, 0.717) is 11.8 Å². The molecule has 1 N–H and O–H groups in total. The molecule has 1 atom stereocenters. The third kappa shape index (κ3) is 3.11. The van der Waals surface area contributed by atoms with Gasteiger partial charge in [-0.2, -0.15) is 0 Å². The van der Waals surface area contributed by atoms with Crippen LogP contribution in [0.4, 0.5) is 0 Å². The molecule has 3 aliphatic rings. The zero-order valence-corrected chi connectivity index (χ0v) is 13.9. The van der Waals surface area contributed by atoms with Gasteiger partial charge in [-0.05, 0) is 45.1 Å². The number of amides is 1. The first-order valence-electron chi connectivity index (χ1n) is 8.81. The van der Waals surface area contributed by atoms with Crippen LogP contribution >= 0.6 is 0 Å². The fourth-order valence-corrected chi connectivity index (χ4v) is 4.07. The van der Waals surface area contributed by atoms with Crippen LogP contribution in [-0.2, 0) is 4.79 Å². The van der Waals surface area contributed by atoms with Crippen LogP contribution in [-0.4, -0.2) is 53.6 Å². The molecule has 0 aromatic carbocycles. The van der Waals surface area contributed by atoms with Crippen LogP contribution in [0.5, 0.6) is 0 Å². The number of rotatable bonds is 6. The first-order valence-corrected chi connectivity index (χ1v) is 8.81. The summed E-state index contributed by atoms with van der Waals surface area (Å²) in [4.78, 5) is 17.6. The van der Waals surface area contributed by atoms with Gasteiger partial charge in [-0.25, -0.2) is 0 Å². The highest BCUT2D eigenvalue weighted by Crippen LogP contribution is 2.37. The van der Waals surface area contributed by atoms with Gasteiger partial charge in [0.1, 0.15) is 0 Å². The largest absolute Gasteiger partial charge is 0.324 e. The number of nitrogens with one attached hydrogen (secondary N) is 1. The second-order valence-corrected chi connectivity index (χ2v) is 7.79. The van der Waals surface area contributed by atoms with Crippen molar-refractivity contribution in [1.29, 1.82) is 0 Å². The van der Waals surface area contributed by atoms with E-state index in [9.17, 15) is 4.79 Å². The first kappa shape index (κ1) is 15.3. The summed E-state index contributed by atoms with van der Waals surface area (Å²) >= 11 is 0. The van der Waals surface area contributed by atoms with Crippen molar-refractivity contribution in [3.05, 3.63) is 0 Å². The maximum absolute atomic E-state index is 13.0. The van der Waals surface area contributed by atoms with Crippen molar-refractivity contribution in [3.63, 3.8) is 0 Å². The van der Waals surface area contributed by atoms with Gasteiger partial charge in [-0.15, -0.1) is 0 Å².